The summed E-state index contributed by atoms with van der Waals surface area (Å²) in [5, 5.41) is 0. The zero-order valence-electron chi connectivity index (χ0n) is 14.6. The van der Waals surface area contributed by atoms with Crippen molar-refractivity contribution in [3.63, 3.8) is 0 Å². The van der Waals surface area contributed by atoms with Crippen molar-refractivity contribution < 1.29 is 14.4 Å². The number of rotatable bonds is 5. The molecule has 0 atom stereocenters. The molecule has 1 aliphatic heterocycles. The maximum atomic E-state index is 12.3. The Hall–Kier alpha value is -2.21. The minimum absolute atomic E-state index is 0.0128. The molecule has 1 fully saturated rings. The Bertz CT molecular complexity index is 604. The molecule has 2 rings (SSSR count). The van der Waals surface area contributed by atoms with Gasteiger partial charge in [0.15, 0.2) is 5.78 Å². The molecule has 6 nitrogen and oxygen atoms in total. The third-order valence-corrected chi connectivity index (χ3v) is 4.37. The average molecular weight is 331 g/mol. The highest BCUT2D eigenvalue weighted by atomic mass is 16.2. The zero-order valence-corrected chi connectivity index (χ0v) is 14.6. The maximum Gasteiger partial charge on any atom is 0.224 e. The average Bonchev–Trinajstić information content (AvgIpc) is 2.55. The topological polar surface area (TPSA) is 60.9 Å². The number of anilines is 1. The molecule has 1 aromatic rings. The molecule has 0 spiro atoms. The number of likely N-dealkylation sites (N-methyl/N-ethyl adjacent to an activating group) is 1. The molecule has 0 N–H and O–H groups in total. The van der Waals surface area contributed by atoms with Crippen LogP contribution in [-0.4, -0.2) is 67.2 Å². The summed E-state index contributed by atoms with van der Waals surface area (Å²) in [4.78, 5) is 41.2. The number of carbonyl (C=O) groups is 3. The number of hydrogen-bond donors (Lipinski definition) is 0. The van der Waals surface area contributed by atoms with E-state index in [9.17, 15) is 14.4 Å². The highest BCUT2D eigenvalue weighted by Crippen LogP contribution is 2.17. The van der Waals surface area contributed by atoms with E-state index in [1.54, 1.807) is 29.2 Å². The molecule has 0 aromatic heterocycles. The van der Waals surface area contributed by atoms with E-state index in [1.807, 2.05) is 11.9 Å². The van der Waals surface area contributed by atoms with Crippen molar-refractivity contribution >= 4 is 23.3 Å². The van der Waals surface area contributed by atoms with Crippen molar-refractivity contribution in [1.29, 1.82) is 0 Å². The van der Waals surface area contributed by atoms with Gasteiger partial charge in [0, 0.05) is 57.3 Å². The quantitative estimate of drug-likeness (QED) is 0.766. The van der Waals surface area contributed by atoms with E-state index in [0.717, 1.165) is 26.2 Å². The number of piperazine rings is 1. The van der Waals surface area contributed by atoms with Gasteiger partial charge < -0.3 is 14.7 Å². The predicted molar refractivity (Wildman–Crippen MR) is 93.2 cm³/mol. The SMILES string of the molecule is CC(=O)c1ccc(N(CCC(=O)N2CCN(C)CC2)C(C)=O)cc1. The van der Waals surface area contributed by atoms with Crippen LogP contribution in [0.4, 0.5) is 5.69 Å². The predicted octanol–water partition coefficient (Wildman–Crippen LogP) is 1.41. The van der Waals surface area contributed by atoms with Gasteiger partial charge >= 0.3 is 0 Å². The molecular formula is C18H25N3O3. The summed E-state index contributed by atoms with van der Waals surface area (Å²) in [5.74, 6) is -0.0485. The number of hydrogen-bond acceptors (Lipinski definition) is 4. The lowest BCUT2D eigenvalue weighted by atomic mass is 10.1. The molecule has 0 radical (unpaired) electrons. The molecule has 6 heteroatoms. The van der Waals surface area contributed by atoms with Gasteiger partial charge in [-0.05, 0) is 38.2 Å². The summed E-state index contributed by atoms with van der Waals surface area (Å²) < 4.78 is 0. The van der Waals surface area contributed by atoms with Crippen LogP contribution < -0.4 is 4.90 Å². The summed E-state index contributed by atoms with van der Waals surface area (Å²) >= 11 is 0. The second-order valence-electron chi connectivity index (χ2n) is 6.21. The lowest BCUT2D eigenvalue weighted by Crippen LogP contribution is -2.47. The van der Waals surface area contributed by atoms with Crippen molar-refractivity contribution in [2.24, 2.45) is 0 Å². The Labute approximate surface area is 143 Å². The first-order chi connectivity index (χ1) is 11.4. The van der Waals surface area contributed by atoms with Gasteiger partial charge in [0.25, 0.3) is 0 Å². The largest absolute Gasteiger partial charge is 0.340 e. The molecule has 130 valence electrons. The van der Waals surface area contributed by atoms with Gasteiger partial charge in [-0.2, -0.15) is 0 Å². The lowest BCUT2D eigenvalue weighted by Gasteiger charge is -2.33. The van der Waals surface area contributed by atoms with Gasteiger partial charge in [0.2, 0.25) is 11.8 Å². The van der Waals surface area contributed by atoms with Crippen LogP contribution in [-0.2, 0) is 9.59 Å². The van der Waals surface area contributed by atoms with Crippen molar-refractivity contribution in [2.75, 3.05) is 44.7 Å². The maximum absolute atomic E-state index is 12.3. The second kappa shape index (κ2) is 8.06. The van der Waals surface area contributed by atoms with Gasteiger partial charge in [-0.3, -0.25) is 14.4 Å². The molecular weight excluding hydrogens is 306 g/mol. The van der Waals surface area contributed by atoms with Crippen LogP contribution in [0.5, 0.6) is 0 Å². The molecule has 2 amide bonds. The third-order valence-electron chi connectivity index (χ3n) is 4.37. The normalized spacial score (nSPS) is 15.2. The van der Waals surface area contributed by atoms with E-state index in [1.165, 1.54) is 13.8 Å². The lowest BCUT2D eigenvalue weighted by molar-refractivity contribution is -0.132. The van der Waals surface area contributed by atoms with Crippen LogP contribution in [0.25, 0.3) is 0 Å². The Morgan fingerprint density at radius 3 is 2.08 bits per heavy atom. The Morgan fingerprint density at radius 2 is 1.58 bits per heavy atom. The van der Waals surface area contributed by atoms with Crippen molar-refractivity contribution in [1.82, 2.24) is 9.80 Å². The third kappa shape index (κ3) is 4.64. The van der Waals surface area contributed by atoms with Crippen LogP contribution in [0.15, 0.2) is 24.3 Å². The first kappa shape index (κ1) is 18.1. The van der Waals surface area contributed by atoms with Gasteiger partial charge in [-0.15, -0.1) is 0 Å². The first-order valence-corrected chi connectivity index (χ1v) is 8.24. The summed E-state index contributed by atoms with van der Waals surface area (Å²) in [6.45, 7) is 6.58. The van der Waals surface area contributed by atoms with Gasteiger partial charge in [0.1, 0.15) is 0 Å². The molecule has 0 saturated carbocycles. The fourth-order valence-electron chi connectivity index (χ4n) is 2.77. The smallest absolute Gasteiger partial charge is 0.224 e. The Kier molecular flexibility index (Phi) is 6.09. The van der Waals surface area contributed by atoms with Crippen molar-refractivity contribution in [2.45, 2.75) is 20.3 Å². The van der Waals surface area contributed by atoms with Crippen LogP contribution >= 0.6 is 0 Å². The second-order valence-corrected chi connectivity index (χ2v) is 6.21. The Morgan fingerprint density at radius 1 is 1.00 bits per heavy atom. The number of benzene rings is 1. The van der Waals surface area contributed by atoms with E-state index in [2.05, 4.69) is 4.90 Å². The molecule has 1 saturated heterocycles. The van der Waals surface area contributed by atoms with Crippen LogP contribution in [0.2, 0.25) is 0 Å². The summed E-state index contributed by atoms with van der Waals surface area (Å²) in [7, 11) is 2.05. The monoisotopic (exact) mass is 331 g/mol. The Balaban J connectivity index is 1.97. The number of amides is 2. The molecule has 0 aliphatic carbocycles. The number of nitrogens with zero attached hydrogens (tertiary/aromatic N) is 3. The number of ketones is 1. The molecule has 0 unspecified atom stereocenters. The zero-order chi connectivity index (χ0) is 17.7. The summed E-state index contributed by atoms with van der Waals surface area (Å²) in [6.07, 6.45) is 0.303. The highest BCUT2D eigenvalue weighted by Gasteiger charge is 2.20. The minimum Gasteiger partial charge on any atom is -0.340 e. The highest BCUT2D eigenvalue weighted by molar-refractivity contribution is 5.96. The van der Waals surface area contributed by atoms with E-state index in [0.29, 0.717) is 24.2 Å². The number of carbonyl (C=O) groups excluding carboxylic acids is 3. The molecule has 1 aliphatic rings. The molecule has 1 aromatic carbocycles. The van der Waals surface area contributed by atoms with Gasteiger partial charge in [0.05, 0.1) is 0 Å². The van der Waals surface area contributed by atoms with Crippen LogP contribution in [0.1, 0.15) is 30.6 Å². The fraction of sp³-hybridized carbons (Fsp3) is 0.500. The van der Waals surface area contributed by atoms with E-state index >= 15 is 0 Å². The molecule has 24 heavy (non-hydrogen) atoms. The fourth-order valence-corrected chi connectivity index (χ4v) is 2.77. The summed E-state index contributed by atoms with van der Waals surface area (Å²) in [6, 6.07) is 6.91. The van der Waals surface area contributed by atoms with Gasteiger partial charge in [-0.25, -0.2) is 0 Å². The van der Waals surface area contributed by atoms with E-state index in [4.69, 9.17) is 0 Å². The molecule has 1 heterocycles. The van der Waals surface area contributed by atoms with Gasteiger partial charge in [-0.1, -0.05) is 0 Å². The van der Waals surface area contributed by atoms with Crippen LogP contribution in [0.3, 0.4) is 0 Å². The van der Waals surface area contributed by atoms with E-state index < -0.39 is 0 Å². The summed E-state index contributed by atoms with van der Waals surface area (Å²) in [5.41, 5.74) is 1.31. The van der Waals surface area contributed by atoms with Crippen molar-refractivity contribution in [3.8, 4) is 0 Å². The van der Waals surface area contributed by atoms with E-state index in [-0.39, 0.29) is 17.6 Å². The standard InChI is InChI=1S/C18H25N3O3/c1-14(22)16-4-6-17(7-5-16)21(15(2)23)9-8-18(24)20-12-10-19(3)11-13-20/h4-7H,8-13H2,1-3H3. The first-order valence-electron chi connectivity index (χ1n) is 8.24. The minimum atomic E-state index is -0.114. The van der Waals surface area contributed by atoms with Crippen molar-refractivity contribution in [3.05, 3.63) is 29.8 Å². The number of Topliss-reactive ketones (excluding diaryl/α,β-unsaturated/α-hetero) is 1. The molecule has 0 bridgehead atoms. The van der Waals surface area contributed by atoms with Crippen LogP contribution in [0, 0.1) is 0 Å².